The van der Waals surface area contributed by atoms with Crippen LogP contribution >= 0.6 is 0 Å². The largest absolute Gasteiger partial charge is 0.475 e. The second-order valence-corrected chi connectivity index (χ2v) is 4.18. The molecule has 0 spiro atoms. The molecule has 5 heteroatoms. The van der Waals surface area contributed by atoms with Gasteiger partial charge in [-0.3, -0.25) is 0 Å². The number of aliphatic hydroxyl groups is 3. The van der Waals surface area contributed by atoms with Gasteiger partial charge in [-0.25, -0.2) is 4.99 Å². The Morgan fingerprint density at radius 3 is 2.73 bits per heavy atom. The van der Waals surface area contributed by atoms with Crippen molar-refractivity contribution in [3.8, 4) is 0 Å². The summed E-state index contributed by atoms with van der Waals surface area (Å²) < 4.78 is 5.53. The van der Waals surface area contributed by atoms with E-state index in [0.717, 1.165) is 0 Å². The fourth-order valence-electron chi connectivity index (χ4n) is 2.28. The van der Waals surface area contributed by atoms with Gasteiger partial charge in [0.05, 0.1) is 6.10 Å². The van der Waals surface area contributed by atoms with E-state index < -0.39 is 12.2 Å². The summed E-state index contributed by atoms with van der Waals surface area (Å²) in [5.41, 5.74) is 0. The van der Waals surface area contributed by atoms with E-state index in [-0.39, 0.29) is 24.7 Å². The van der Waals surface area contributed by atoms with E-state index in [9.17, 15) is 10.2 Å². The van der Waals surface area contributed by atoms with Crippen molar-refractivity contribution in [2.24, 2.45) is 10.9 Å². The third-order valence-corrected chi connectivity index (χ3v) is 3.22. The zero-order chi connectivity index (χ0) is 11.0. The fourth-order valence-corrected chi connectivity index (χ4v) is 2.28. The molecule has 5 nitrogen and oxygen atoms in total. The molecule has 0 aromatic rings. The lowest BCUT2D eigenvalue weighted by Gasteiger charge is -2.36. The quantitative estimate of drug-likeness (QED) is 0.568. The number of ether oxygens (including phenoxy) is 1. The van der Waals surface area contributed by atoms with Crippen LogP contribution < -0.4 is 0 Å². The number of aliphatic imine (C=N–C) groups is 1. The molecule has 2 rings (SSSR count). The van der Waals surface area contributed by atoms with Gasteiger partial charge in [0, 0.05) is 18.9 Å². The van der Waals surface area contributed by atoms with Crippen LogP contribution in [0.4, 0.5) is 0 Å². The second kappa shape index (κ2) is 4.08. The van der Waals surface area contributed by atoms with Crippen molar-refractivity contribution in [3.05, 3.63) is 0 Å². The average Bonchev–Trinajstić information content (AvgIpc) is 2.66. The van der Waals surface area contributed by atoms with Crippen LogP contribution in [-0.2, 0) is 4.74 Å². The van der Waals surface area contributed by atoms with Crippen LogP contribution in [0.3, 0.4) is 0 Å². The minimum absolute atomic E-state index is 0.133. The molecule has 0 amide bonds. The van der Waals surface area contributed by atoms with Crippen molar-refractivity contribution < 1.29 is 20.1 Å². The SMILES string of the molecule is CCC1=N[C@@H]2[C@@H](O)[C@H](O)[C@@H](CO)C[C@@H]2O1. The Kier molecular flexibility index (Phi) is 2.95. The zero-order valence-corrected chi connectivity index (χ0v) is 8.71. The molecule has 1 aliphatic carbocycles. The van der Waals surface area contributed by atoms with Gasteiger partial charge in [0.25, 0.3) is 0 Å². The molecule has 3 N–H and O–H groups in total. The topological polar surface area (TPSA) is 82.3 Å². The van der Waals surface area contributed by atoms with Gasteiger partial charge in [-0.1, -0.05) is 6.92 Å². The number of nitrogens with zero attached hydrogens (tertiary/aromatic N) is 1. The standard InChI is InChI=1S/C10H17NO4/c1-2-7-11-8-6(15-7)3-5(4-12)9(13)10(8)14/h5-6,8-10,12-14H,2-4H2,1H3/t5-,6+,8+,9-,10-/m1/s1. The molecule has 0 bridgehead atoms. The first kappa shape index (κ1) is 10.9. The van der Waals surface area contributed by atoms with E-state index >= 15 is 0 Å². The van der Waals surface area contributed by atoms with Gasteiger partial charge in [0.1, 0.15) is 18.2 Å². The predicted octanol–water partition coefficient (Wildman–Crippen LogP) is -0.704. The molecule has 0 aromatic heterocycles. The zero-order valence-electron chi connectivity index (χ0n) is 8.71. The summed E-state index contributed by atoms with van der Waals surface area (Å²) in [5.74, 6) is 0.322. The molecule has 1 fully saturated rings. The van der Waals surface area contributed by atoms with E-state index in [1.165, 1.54) is 0 Å². The summed E-state index contributed by atoms with van der Waals surface area (Å²) in [7, 11) is 0. The average molecular weight is 215 g/mol. The molecule has 0 unspecified atom stereocenters. The fraction of sp³-hybridized carbons (Fsp3) is 0.900. The summed E-state index contributed by atoms with van der Waals surface area (Å²) in [5, 5.41) is 28.6. The van der Waals surface area contributed by atoms with Gasteiger partial charge in [0.2, 0.25) is 0 Å². The minimum Gasteiger partial charge on any atom is -0.475 e. The van der Waals surface area contributed by atoms with E-state index in [4.69, 9.17) is 9.84 Å². The Labute approximate surface area is 88.4 Å². The second-order valence-electron chi connectivity index (χ2n) is 4.18. The van der Waals surface area contributed by atoms with E-state index in [0.29, 0.717) is 18.7 Å². The lowest BCUT2D eigenvalue weighted by atomic mass is 9.80. The van der Waals surface area contributed by atoms with Gasteiger partial charge >= 0.3 is 0 Å². The summed E-state index contributed by atoms with van der Waals surface area (Å²) in [4.78, 5) is 4.23. The van der Waals surface area contributed by atoms with Crippen LogP contribution in [0, 0.1) is 5.92 Å². The molecule has 0 saturated heterocycles. The van der Waals surface area contributed by atoms with Gasteiger partial charge in [-0.15, -0.1) is 0 Å². The summed E-state index contributed by atoms with van der Waals surface area (Å²) in [6.45, 7) is 1.80. The van der Waals surface area contributed by atoms with Crippen molar-refractivity contribution >= 4 is 5.90 Å². The maximum absolute atomic E-state index is 9.81. The Hall–Kier alpha value is -0.650. The Morgan fingerprint density at radius 2 is 2.13 bits per heavy atom. The molecule has 1 saturated carbocycles. The van der Waals surface area contributed by atoms with Crippen molar-refractivity contribution in [1.29, 1.82) is 0 Å². The molecular weight excluding hydrogens is 198 g/mol. The molecule has 86 valence electrons. The highest BCUT2D eigenvalue weighted by Crippen LogP contribution is 2.33. The third-order valence-electron chi connectivity index (χ3n) is 3.22. The van der Waals surface area contributed by atoms with Crippen LogP contribution in [0.1, 0.15) is 19.8 Å². The van der Waals surface area contributed by atoms with Gasteiger partial charge in [0.15, 0.2) is 5.90 Å². The number of fused-ring (bicyclic) bond motifs is 1. The number of rotatable bonds is 2. The predicted molar refractivity (Wildman–Crippen MR) is 53.6 cm³/mol. The lowest BCUT2D eigenvalue weighted by molar-refractivity contribution is -0.0947. The molecule has 0 aromatic carbocycles. The lowest BCUT2D eigenvalue weighted by Crippen LogP contribution is -2.52. The molecule has 2 aliphatic rings. The molecule has 1 aliphatic heterocycles. The maximum atomic E-state index is 9.81. The van der Waals surface area contributed by atoms with Crippen molar-refractivity contribution in [2.45, 2.75) is 44.1 Å². The van der Waals surface area contributed by atoms with Crippen LogP contribution in [0.2, 0.25) is 0 Å². The highest BCUT2D eigenvalue weighted by molar-refractivity contribution is 5.77. The van der Waals surface area contributed by atoms with Crippen LogP contribution in [0.25, 0.3) is 0 Å². The summed E-state index contributed by atoms with van der Waals surface area (Å²) in [6, 6.07) is -0.363. The normalized spacial score (nSPS) is 44.5. The van der Waals surface area contributed by atoms with Crippen LogP contribution in [0.15, 0.2) is 4.99 Å². The van der Waals surface area contributed by atoms with Crippen molar-refractivity contribution in [1.82, 2.24) is 0 Å². The minimum atomic E-state index is -0.926. The number of hydrogen-bond acceptors (Lipinski definition) is 5. The highest BCUT2D eigenvalue weighted by atomic mass is 16.5. The molecule has 1 heterocycles. The van der Waals surface area contributed by atoms with Gasteiger partial charge < -0.3 is 20.1 Å². The Morgan fingerprint density at radius 1 is 1.40 bits per heavy atom. The van der Waals surface area contributed by atoms with Crippen LogP contribution in [0.5, 0.6) is 0 Å². The monoisotopic (exact) mass is 215 g/mol. The molecular formula is C10H17NO4. The maximum Gasteiger partial charge on any atom is 0.183 e. The molecule has 5 atom stereocenters. The first-order chi connectivity index (χ1) is 7.17. The number of hydrogen-bond donors (Lipinski definition) is 3. The first-order valence-corrected chi connectivity index (χ1v) is 5.37. The van der Waals surface area contributed by atoms with E-state index in [1.54, 1.807) is 0 Å². The smallest absolute Gasteiger partial charge is 0.183 e. The van der Waals surface area contributed by atoms with Gasteiger partial charge in [-0.05, 0) is 6.42 Å². The van der Waals surface area contributed by atoms with Crippen molar-refractivity contribution in [3.63, 3.8) is 0 Å². The van der Waals surface area contributed by atoms with Crippen molar-refractivity contribution in [2.75, 3.05) is 6.61 Å². The number of aliphatic hydroxyl groups excluding tert-OH is 3. The molecule has 0 radical (unpaired) electrons. The first-order valence-electron chi connectivity index (χ1n) is 5.37. The molecule has 15 heavy (non-hydrogen) atoms. The third kappa shape index (κ3) is 1.75. The summed E-state index contributed by atoms with van der Waals surface area (Å²) >= 11 is 0. The summed E-state index contributed by atoms with van der Waals surface area (Å²) in [6.07, 6.45) is -0.772. The van der Waals surface area contributed by atoms with E-state index in [2.05, 4.69) is 4.99 Å². The van der Waals surface area contributed by atoms with Gasteiger partial charge in [-0.2, -0.15) is 0 Å². The van der Waals surface area contributed by atoms with E-state index in [1.807, 2.05) is 6.92 Å². The highest BCUT2D eigenvalue weighted by Gasteiger charge is 2.47. The Balaban J connectivity index is 2.12. The Bertz CT molecular complexity index is 268. The van der Waals surface area contributed by atoms with Crippen LogP contribution in [-0.4, -0.2) is 52.2 Å².